The third kappa shape index (κ3) is 4.47. The molecule has 1 amide bonds. The van der Waals surface area contributed by atoms with E-state index in [9.17, 15) is 4.79 Å². The highest BCUT2D eigenvalue weighted by Crippen LogP contribution is 2.24. The molecule has 1 aliphatic heterocycles. The van der Waals surface area contributed by atoms with Crippen molar-refractivity contribution < 1.29 is 9.21 Å². The Morgan fingerprint density at radius 1 is 1.52 bits per heavy atom. The number of aryl methyl sites for hydroxylation is 1. The number of amides is 1. The first kappa shape index (κ1) is 20.0. The van der Waals surface area contributed by atoms with Crippen molar-refractivity contribution in [2.24, 2.45) is 0 Å². The minimum atomic E-state index is 0. The van der Waals surface area contributed by atoms with Gasteiger partial charge in [0.15, 0.2) is 0 Å². The molecule has 0 spiro atoms. The first-order valence-electron chi connectivity index (χ1n) is 7.14. The van der Waals surface area contributed by atoms with E-state index < -0.39 is 0 Å². The minimum absolute atomic E-state index is 0. The van der Waals surface area contributed by atoms with Crippen LogP contribution in [0.3, 0.4) is 0 Å². The van der Waals surface area contributed by atoms with Crippen LogP contribution in [0.2, 0.25) is 0 Å². The number of piperazine rings is 1. The second-order valence-corrected chi connectivity index (χ2v) is 6.13. The molecule has 2 aromatic heterocycles. The van der Waals surface area contributed by atoms with Crippen molar-refractivity contribution in [1.29, 1.82) is 0 Å². The fourth-order valence-corrected chi connectivity index (χ4v) is 3.19. The average Bonchev–Trinajstić information content (AvgIpc) is 3.10. The van der Waals surface area contributed by atoms with Gasteiger partial charge in [-0.25, -0.2) is 4.98 Å². The van der Waals surface area contributed by atoms with Crippen LogP contribution in [0.4, 0.5) is 0 Å². The van der Waals surface area contributed by atoms with Crippen molar-refractivity contribution in [3.05, 3.63) is 28.3 Å². The third-order valence-electron chi connectivity index (χ3n) is 3.80. The van der Waals surface area contributed by atoms with Gasteiger partial charge in [0.2, 0.25) is 11.8 Å². The highest BCUT2D eigenvalue weighted by molar-refractivity contribution is 7.08. The number of carbonyl (C=O) groups excluding carboxylic acids is 1. The molecule has 0 bridgehead atoms. The lowest BCUT2D eigenvalue weighted by molar-refractivity contribution is -0.133. The first-order valence-corrected chi connectivity index (χ1v) is 8.08. The van der Waals surface area contributed by atoms with Crippen LogP contribution in [0.1, 0.15) is 18.4 Å². The topological polar surface area (TPSA) is 58.4 Å². The van der Waals surface area contributed by atoms with Gasteiger partial charge in [-0.3, -0.25) is 4.79 Å². The maximum atomic E-state index is 12.4. The van der Waals surface area contributed by atoms with E-state index >= 15 is 0 Å². The van der Waals surface area contributed by atoms with E-state index in [-0.39, 0.29) is 36.8 Å². The number of nitrogens with zero attached hydrogens (tertiary/aromatic N) is 2. The zero-order valence-corrected chi connectivity index (χ0v) is 15.5. The smallest absolute Gasteiger partial charge is 0.229 e. The summed E-state index contributed by atoms with van der Waals surface area (Å²) in [6.07, 6.45) is 0.309. The van der Waals surface area contributed by atoms with Gasteiger partial charge < -0.3 is 14.6 Å². The van der Waals surface area contributed by atoms with Crippen molar-refractivity contribution in [2.75, 3.05) is 19.6 Å². The number of hydrogen-bond donors (Lipinski definition) is 1. The lowest BCUT2D eigenvalue weighted by Crippen LogP contribution is -2.52. The lowest BCUT2D eigenvalue weighted by Gasteiger charge is -2.33. The molecule has 1 unspecified atom stereocenters. The predicted molar refractivity (Wildman–Crippen MR) is 96.8 cm³/mol. The highest BCUT2D eigenvalue weighted by Gasteiger charge is 2.24. The third-order valence-corrected chi connectivity index (χ3v) is 4.48. The van der Waals surface area contributed by atoms with Gasteiger partial charge in [0.25, 0.3) is 0 Å². The quantitative estimate of drug-likeness (QED) is 0.892. The van der Waals surface area contributed by atoms with Gasteiger partial charge in [-0.1, -0.05) is 0 Å². The fraction of sp³-hybridized carbons (Fsp3) is 0.467. The Morgan fingerprint density at radius 2 is 2.30 bits per heavy atom. The Labute approximate surface area is 152 Å². The summed E-state index contributed by atoms with van der Waals surface area (Å²) >= 11 is 1.60. The van der Waals surface area contributed by atoms with Gasteiger partial charge in [0, 0.05) is 36.6 Å². The standard InChI is InChI=1S/C15H19N3O2S.2ClH/c1-10-8-16-4-5-18(10)14(19)7-13-11(2)20-15(17-13)12-3-6-21-9-12;;/h3,6,9-10,16H,4-5,7-8H2,1-2H3;2*1H. The minimum Gasteiger partial charge on any atom is -0.441 e. The number of thiophene rings is 1. The maximum Gasteiger partial charge on any atom is 0.229 e. The van der Waals surface area contributed by atoms with E-state index in [0.29, 0.717) is 12.3 Å². The van der Waals surface area contributed by atoms with Crippen LogP contribution in [0.5, 0.6) is 0 Å². The van der Waals surface area contributed by atoms with Crippen LogP contribution in [0.25, 0.3) is 11.5 Å². The van der Waals surface area contributed by atoms with Gasteiger partial charge in [0.05, 0.1) is 12.1 Å². The lowest BCUT2D eigenvalue weighted by atomic mass is 10.1. The van der Waals surface area contributed by atoms with Crippen molar-refractivity contribution in [3.63, 3.8) is 0 Å². The molecule has 1 fully saturated rings. The van der Waals surface area contributed by atoms with E-state index in [1.165, 1.54) is 0 Å². The molecule has 8 heteroatoms. The van der Waals surface area contributed by atoms with E-state index in [2.05, 4.69) is 17.2 Å². The SMILES string of the molecule is Cc1oc(-c2ccsc2)nc1CC(=O)N1CCNCC1C.Cl.Cl. The van der Waals surface area contributed by atoms with Crippen LogP contribution >= 0.6 is 36.2 Å². The molecule has 128 valence electrons. The molecule has 1 aliphatic rings. The Bertz CT molecular complexity index is 631. The van der Waals surface area contributed by atoms with Gasteiger partial charge in [-0.2, -0.15) is 11.3 Å². The van der Waals surface area contributed by atoms with Crippen molar-refractivity contribution in [3.8, 4) is 11.5 Å². The zero-order valence-electron chi connectivity index (χ0n) is 13.1. The molecule has 1 saturated heterocycles. The van der Waals surface area contributed by atoms with Crippen LogP contribution < -0.4 is 5.32 Å². The number of carbonyl (C=O) groups is 1. The number of aromatic nitrogens is 1. The fourth-order valence-electron chi connectivity index (χ4n) is 2.56. The van der Waals surface area contributed by atoms with Crippen molar-refractivity contribution in [2.45, 2.75) is 26.3 Å². The second kappa shape index (κ2) is 8.68. The Hall–Kier alpha value is -1.08. The zero-order chi connectivity index (χ0) is 14.8. The van der Waals surface area contributed by atoms with Crippen molar-refractivity contribution >= 4 is 42.1 Å². The van der Waals surface area contributed by atoms with Gasteiger partial charge in [-0.05, 0) is 25.3 Å². The molecule has 3 rings (SSSR count). The molecule has 3 heterocycles. The van der Waals surface area contributed by atoms with Gasteiger partial charge in [-0.15, -0.1) is 24.8 Å². The second-order valence-electron chi connectivity index (χ2n) is 5.35. The predicted octanol–water partition coefficient (Wildman–Crippen LogP) is 2.92. The van der Waals surface area contributed by atoms with Crippen LogP contribution in [0, 0.1) is 6.92 Å². The Morgan fingerprint density at radius 3 is 2.96 bits per heavy atom. The normalized spacial score (nSPS) is 17.3. The summed E-state index contributed by atoms with van der Waals surface area (Å²) in [7, 11) is 0. The summed E-state index contributed by atoms with van der Waals surface area (Å²) in [4.78, 5) is 18.9. The number of hydrogen-bond acceptors (Lipinski definition) is 5. The highest BCUT2D eigenvalue weighted by atomic mass is 35.5. The number of rotatable bonds is 3. The molecular weight excluding hydrogens is 357 g/mol. The van der Waals surface area contributed by atoms with Crippen LogP contribution in [0.15, 0.2) is 21.2 Å². The van der Waals surface area contributed by atoms with Crippen molar-refractivity contribution in [1.82, 2.24) is 15.2 Å². The Kier molecular flexibility index (Phi) is 7.54. The summed E-state index contributed by atoms with van der Waals surface area (Å²) in [5, 5.41) is 7.27. The summed E-state index contributed by atoms with van der Waals surface area (Å²) < 4.78 is 5.69. The molecule has 1 N–H and O–H groups in total. The van der Waals surface area contributed by atoms with Gasteiger partial charge in [0.1, 0.15) is 5.76 Å². The largest absolute Gasteiger partial charge is 0.441 e. The van der Waals surface area contributed by atoms with E-state index in [0.717, 1.165) is 36.7 Å². The average molecular weight is 378 g/mol. The summed E-state index contributed by atoms with van der Waals surface area (Å²) in [6, 6.07) is 2.20. The summed E-state index contributed by atoms with van der Waals surface area (Å²) in [6.45, 7) is 6.40. The number of nitrogens with one attached hydrogen (secondary N) is 1. The molecular formula is C15H21Cl2N3O2S. The molecule has 0 saturated carbocycles. The van der Waals surface area contributed by atoms with Crippen LogP contribution in [-0.2, 0) is 11.2 Å². The number of halogens is 2. The summed E-state index contributed by atoms with van der Waals surface area (Å²) in [5.74, 6) is 1.45. The maximum absolute atomic E-state index is 12.4. The molecule has 0 aromatic carbocycles. The summed E-state index contributed by atoms with van der Waals surface area (Å²) in [5.41, 5.74) is 1.71. The molecule has 0 radical (unpaired) electrons. The first-order chi connectivity index (χ1) is 10.1. The van der Waals surface area contributed by atoms with E-state index in [1.807, 2.05) is 28.7 Å². The molecule has 23 heavy (non-hydrogen) atoms. The number of oxazole rings is 1. The Balaban J connectivity index is 0.00000132. The van der Waals surface area contributed by atoms with Crippen LogP contribution in [-0.4, -0.2) is 41.5 Å². The molecule has 1 atom stereocenters. The van der Waals surface area contributed by atoms with E-state index in [1.54, 1.807) is 11.3 Å². The van der Waals surface area contributed by atoms with E-state index in [4.69, 9.17) is 4.42 Å². The molecule has 0 aliphatic carbocycles. The monoisotopic (exact) mass is 377 g/mol. The molecule has 5 nitrogen and oxygen atoms in total. The molecule has 2 aromatic rings. The van der Waals surface area contributed by atoms with Gasteiger partial charge >= 0.3 is 0 Å².